The van der Waals surface area contributed by atoms with Crippen LogP contribution in [0.3, 0.4) is 0 Å². The third-order valence-electron chi connectivity index (χ3n) is 4.89. The van der Waals surface area contributed by atoms with Gasteiger partial charge < -0.3 is 15.5 Å². The summed E-state index contributed by atoms with van der Waals surface area (Å²) in [5.74, 6) is 0.837. The summed E-state index contributed by atoms with van der Waals surface area (Å²) in [4.78, 5) is 23.0. The Morgan fingerprint density at radius 2 is 2.15 bits per heavy atom. The predicted octanol–water partition coefficient (Wildman–Crippen LogP) is 1.04. The Balaban J connectivity index is 1.66. The van der Waals surface area contributed by atoms with Crippen molar-refractivity contribution in [2.45, 2.75) is 46.3 Å². The summed E-state index contributed by atoms with van der Waals surface area (Å²) in [6.07, 6.45) is 5.03. The molecule has 0 aliphatic carbocycles. The Kier molecular flexibility index (Phi) is 5.51. The second-order valence-corrected chi connectivity index (χ2v) is 6.68. The molecule has 140 valence electrons. The van der Waals surface area contributed by atoms with Crippen LogP contribution in [0, 0.1) is 13.8 Å². The van der Waals surface area contributed by atoms with Crippen LogP contribution in [0.25, 0.3) is 0 Å². The summed E-state index contributed by atoms with van der Waals surface area (Å²) in [5, 5.41) is 10.5. The molecular weight excluding hydrogens is 330 g/mol. The van der Waals surface area contributed by atoms with Gasteiger partial charge in [0, 0.05) is 62.3 Å². The van der Waals surface area contributed by atoms with Crippen LogP contribution in [-0.4, -0.2) is 51.8 Å². The number of anilines is 1. The minimum absolute atomic E-state index is 0.231. The number of nitrogens with zero attached hydrogens (tertiary/aromatic N) is 5. The summed E-state index contributed by atoms with van der Waals surface area (Å²) in [7, 11) is 1.59. The molecule has 2 aromatic heterocycles. The van der Waals surface area contributed by atoms with Crippen molar-refractivity contribution in [3.8, 4) is 0 Å². The number of hydrogen-bond donors (Lipinski definition) is 2. The molecule has 1 aliphatic rings. The van der Waals surface area contributed by atoms with E-state index in [1.54, 1.807) is 7.05 Å². The van der Waals surface area contributed by atoms with Crippen molar-refractivity contribution in [3.63, 3.8) is 0 Å². The number of aromatic nitrogens is 4. The van der Waals surface area contributed by atoms with Crippen molar-refractivity contribution in [3.05, 3.63) is 35.0 Å². The van der Waals surface area contributed by atoms with Crippen LogP contribution in [0.15, 0.2) is 12.4 Å². The van der Waals surface area contributed by atoms with Gasteiger partial charge in [-0.3, -0.25) is 9.48 Å². The van der Waals surface area contributed by atoms with Crippen LogP contribution in [0.2, 0.25) is 0 Å². The second-order valence-electron chi connectivity index (χ2n) is 6.68. The fraction of sp³-hybridized carbons (Fsp3) is 0.556. The average molecular weight is 357 g/mol. The SMILES string of the molecule is CCn1cc(CN[C@@H]2CCN(c3nc(C(=O)NC)nc(C)c3C)C2)cn1. The Morgan fingerprint density at radius 1 is 1.35 bits per heavy atom. The van der Waals surface area contributed by atoms with Crippen molar-refractivity contribution in [1.29, 1.82) is 0 Å². The zero-order valence-electron chi connectivity index (χ0n) is 15.9. The van der Waals surface area contributed by atoms with Gasteiger partial charge in [-0.05, 0) is 27.2 Å². The van der Waals surface area contributed by atoms with Crippen molar-refractivity contribution in [2.24, 2.45) is 0 Å². The summed E-state index contributed by atoms with van der Waals surface area (Å²) in [6, 6.07) is 0.387. The molecule has 0 aromatic carbocycles. The molecule has 1 fully saturated rings. The van der Waals surface area contributed by atoms with E-state index in [2.05, 4.69) is 43.7 Å². The summed E-state index contributed by atoms with van der Waals surface area (Å²) >= 11 is 0. The van der Waals surface area contributed by atoms with E-state index in [4.69, 9.17) is 0 Å². The molecule has 8 nitrogen and oxygen atoms in total. The molecule has 1 saturated heterocycles. The summed E-state index contributed by atoms with van der Waals surface area (Å²) in [5.41, 5.74) is 3.07. The predicted molar refractivity (Wildman–Crippen MR) is 100 cm³/mol. The fourth-order valence-corrected chi connectivity index (χ4v) is 3.19. The van der Waals surface area contributed by atoms with Crippen LogP contribution in [0.5, 0.6) is 0 Å². The van der Waals surface area contributed by atoms with E-state index < -0.39 is 0 Å². The topological polar surface area (TPSA) is 88.0 Å². The first-order chi connectivity index (χ1) is 12.5. The molecule has 0 bridgehead atoms. The molecule has 1 amide bonds. The highest BCUT2D eigenvalue weighted by Crippen LogP contribution is 2.24. The number of rotatable bonds is 6. The Morgan fingerprint density at radius 3 is 2.85 bits per heavy atom. The van der Waals surface area contributed by atoms with E-state index in [1.165, 1.54) is 5.56 Å². The van der Waals surface area contributed by atoms with Crippen molar-refractivity contribution in [2.75, 3.05) is 25.0 Å². The molecule has 2 N–H and O–H groups in total. The van der Waals surface area contributed by atoms with Gasteiger partial charge in [0.1, 0.15) is 5.82 Å². The maximum atomic E-state index is 11.9. The smallest absolute Gasteiger partial charge is 0.288 e. The van der Waals surface area contributed by atoms with Gasteiger partial charge in [-0.1, -0.05) is 0 Å². The van der Waals surface area contributed by atoms with Crippen LogP contribution >= 0.6 is 0 Å². The molecule has 0 spiro atoms. The number of nitrogens with one attached hydrogen (secondary N) is 2. The Bertz CT molecular complexity index is 786. The molecule has 8 heteroatoms. The molecular formula is C18H27N7O. The average Bonchev–Trinajstić information content (AvgIpc) is 3.30. The summed E-state index contributed by atoms with van der Waals surface area (Å²) in [6.45, 7) is 9.49. The second kappa shape index (κ2) is 7.82. The normalized spacial score (nSPS) is 16.9. The van der Waals surface area contributed by atoms with Crippen LogP contribution < -0.4 is 15.5 Å². The molecule has 1 aliphatic heterocycles. The van der Waals surface area contributed by atoms with Gasteiger partial charge in [-0.15, -0.1) is 0 Å². The molecule has 0 radical (unpaired) electrons. The van der Waals surface area contributed by atoms with E-state index >= 15 is 0 Å². The quantitative estimate of drug-likeness (QED) is 0.803. The monoisotopic (exact) mass is 357 g/mol. The first kappa shape index (κ1) is 18.3. The minimum Gasteiger partial charge on any atom is -0.355 e. The number of hydrogen-bond acceptors (Lipinski definition) is 6. The molecule has 26 heavy (non-hydrogen) atoms. The first-order valence-corrected chi connectivity index (χ1v) is 9.08. The van der Waals surface area contributed by atoms with E-state index in [9.17, 15) is 4.79 Å². The number of carbonyl (C=O) groups excluding carboxylic acids is 1. The third kappa shape index (κ3) is 3.85. The van der Waals surface area contributed by atoms with Crippen LogP contribution in [0.4, 0.5) is 5.82 Å². The van der Waals surface area contributed by atoms with Gasteiger partial charge in [-0.2, -0.15) is 5.10 Å². The lowest BCUT2D eigenvalue weighted by molar-refractivity contribution is 0.0952. The largest absolute Gasteiger partial charge is 0.355 e. The zero-order valence-corrected chi connectivity index (χ0v) is 15.9. The van der Waals surface area contributed by atoms with E-state index in [0.29, 0.717) is 6.04 Å². The Hall–Kier alpha value is -2.48. The van der Waals surface area contributed by atoms with Gasteiger partial charge in [0.25, 0.3) is 5.91 Å². The molecule has 0 unspecified atom stereocenters. The highest BCUT2D eigenvalue weighted by atomic mass is 16.2. The maximum absolute atomic E-state index is 11.9. The van der Waals surface area contributed by atoms with Crippen molar-refractivity contribution >= 4 is 11.7 Å². The molecule has 1 atom stereocenters. The third-order valence-corrected chi connectivity index (χ3v) is 4.89. The fourth-order valence-electron chi connectivity index (χ4n) is 3.19. The first-order valence-electron chi connectivity index (χ1n) is 9.08. The van der Waals surface area contributed by atoms with E-state index in [1.807, 2.05) is 24.7 Å². The highest BCUT2D eigenvalue weighted by molar-refractivity contribution is 5.90. The number of aryl methyl sites for hydroxylation is 2. The van der Waals surface area contributed by atoms with Gasteiger partial charge in [0.2, 0.25) is 5.82 Å². The van der Waals surface area contributed by atoms with Crippen molar-refractivity contribution in [1.82, 2.24) is 30.4 Å². The van der Waals surface area contributed by atoms with E-state index in [-0.39, 0.29) is 11.7 Å². The molecule has 2 aromatic rings. The van der Waals surface area contributed by atoms with E-state index in [0.717, 1.165) is 49.7 Å². The van der Waals surface area contributed by atoms with Crippen molar-refractivity contribution < 1.29 is 4.79 Å². The lowest BCUT2D eigenvalue weighted by Crippen LogP contribution is -2.33. The number of amides is 1. The zero-order chi connectivity index (χ0) is 18.7. The van der Waals surface area contributed by atoms with Crippen LogP contribution in [-0.2, 0) is 13.1 Å². The Labute approximate surface area is 154 Å². The van der Waals surface area contributed by atoms with Crippen LogP contribution in [0.1, 0.15) is 40.8 Å². The minimum atomic E-state index is -0.254. The number of carbonyl (C=O) groups is 1. The lowest BCUT2D eigenvalue weighted by atomic mass is 10.2. The molecule has 0 saturated carbocycles. The summed E-state index contributed by atoms with van der Waals surface area (Å²) < 4.78 is 1.94. The molecule has 3 rings (SSSR count). The van der Waals surface area contributed by atoms with Gasteiger partial charge in [-0.25, -0.2) is 9.97 Å². The van der Waals surface area contributed by atoms with Gasteiger partial charge >= 0.3 is 0 Å². The molecule has 3 heterocycles. The maximum Gasteiger partial charge on any atom is 0.288 e. The highest BCUT2D eigenvalue weighted by Gasteiger charge is 2.26. The van der Waals surface area contributed by atoms with Gasteiger partial charge in [0.05, 0.1) is 6.20 Å². The lowest BCUT2D eigenvalue weighted by Gasteiger charge is -2.21. The van der Waals surface area contributed by atoms with Gasteiger partial charge in [0.15, 0.2) is 0 Å². The standard InChI is InChI=1S/C18H27N7O/c1-5-25-10-14(9-21-25)8-20-15-6-7-24(11-15)17-12(2)13(3)22-16(23-17)18(26)19-4/h9-10,15,20H,5-8,11H2,1-4H3,(H,19,26)/t15-/m1/s1.